The molecule has 0 aliphatic rings. The second-order valence-corrected chi connectivity index (χ2v) is 6.21. The first-order valence-electron chi connectivity index (χ1n) is 6.32. The molecule has 3 aromatic heterocycles. The fraction of sp³-hybridized carbons (Fsp3) is 0.308. The minimum Gasteiger partial charge on any atom is -0.362 e. The summed E-state index contributed by atoms with van der Waals surface area (Å²) in [5, 5.41) is 13.8. The van der Waals surface area contributed by atoms with E-state index >= 15 is 0 Å². The summed E-state index contributed by atoms with van der Waals surface area (Å²) < 4.78 is 1.25. The van der Waals surface area contributed by atoms with Crippen molar-refractivity contribution in [1.82, 2.24) is 19.8 Å². The van der Waals surface area contributed by atoms with E-state index in [0.29, 0.717) is 11.5 Å². The van der Waals surface area contributed by atoms with Gasteiger partial charge in [-0.1, -0.05) is 0 Å². The van der Waals surface area contributed by atoms with Crippen LogP contribution >= 0.6 is 11.3 Å². The Morgan fingerprint density at radius 1 is 1.40 bits per heavy atom. The third-order valence-electron chi connectivity index (χ3n) is 3.18. The van der Waals surface area contributed by atoms with E-state index in [4.69, 9.17) is 0 Å². The lowest BCUT2D eigenvalue weighted by molar-refractivity contribution is 0.829. The fourth-order valence-corrected chi connectivity index (χ4v) is 3.28. The van der Waals surface area contributed by atoms with Gasteiger partial charge in [0.25, 0.3) is 0 Å². The highest BCUT2D eigenvalue weighted by atomic mass is 32.1. The lowest BCUT2D eigenvalue weighted by Gasteiger charge is -2.14. The van der Waals surface area contributed by atoms with Crippen LogP contribution in [-0.2, 0) is 0 Å². The number of nitrogens with one attached hydrogen (secondary N) is 2. The Morgan fingerprint density at radius 3 is 2.90 bits per heavy atom. The molecule has 0 aliphatic heterocycles. The topological polar surface area (TPSA) is 75.1 Å². The Balaban J connectivity index is 1.90. The van der Waals surface area contributed by atoms with Gasteiger partial charge in [0.2, 0.25) is 0 Å². The molecule has 3 rings (SSSR count). The highest BCUT2D eigenvalue weighted by Gasteiger charge is 2.12. The Morgan fingerprint density at radius 2 is 2.20 bits per heavy atom. The highest BCUT2D eigenvalue weighted by molar-refractivity contribution is 7.12. The number of hydrogen-bond acceptors (Lipinski definition) is 5. The number of aryl methyl sites for hydroxylation is 2. The van der Waals surface area contributed by atoms with Crippen LogP contribution in [0.4, 0.5) is 5.82 Å². The molecule has 0 saturated carbocycles. The van der Waals surface area contributed by atoms with Gasteiger partial charge in [0, 0.05) is 9.75 Å². The molecule has 0 spiro atoms. The second-order valence-electron chi connectivity index (χ2n) is 4.75. The lowest BCUT2D eigenvalue weighted by Crippen LogP contribution is -2.15. The van der Waals surface area contributed by atoms with E-state index in [1.165, 1.54) is 19.8 Å². The molecule has 1 unspecified atom stereocenters. The van der Waals surface area contributed by atoms with Gasteiger partial charge >= 0.3 is 5.69 Å². The lowest BCUT2D eigenvalue weighted by atomic mass is 10.1. The van der Waals surface area contributed by atoms with Gasteiger partial charge < -0.3 is 5.32 Å². The molecule has 0 amide bonds. The van der Waals surface area contributed by atoms with Crippen molar-refractivity contribution in [2.75, 3.05) is 5.32 Å². The van der Waals surface area contributed by atoms with Crippen molar-refractivity contribution in [3.05, 3.63) is 44.0 Å². The number of rotatable bonds is 3. The van der Waals surface area contributed by atoms with Gasteiger partial charge in [-0.15, -0.1) is 16.4 Å². The number of aromatic amines is 1. The monoisotopic (exact) mass is 289 g/mol. The van der Waals surface area contributed by atoms with E-state index in [0.717, 1.165) is 0 Å². The summed E-state index contributed by atoms with van der Waals surface area (Å²) in [6.45, 7) is 6.30. The minimum absolute atomic E-state index is 0.132. The molecule has 0 aliphatic carbocycles. The second kappa shape index (κ2) is 4.75. The zero-order chi connectivity index (χ0) is 14.3. The number of aromatic nitrogens is 4. The Hall–Kier alpha value is -2.15. The van der Waals surface area contributed by atoms with Crippen LogP contribution in [0.3, 0.4) is 0 Å². The van der Waals surface area contributed by atoms with Crippen LogP contribution in [0.15, 0.2) is 23.0 Å². The van der Waals surface area contributed by atoms with Crippen molar-refractivity contribution in [2.45, 2.75) is 26.8 Å². The first-order chi connectivity index (χ1) is 9.54. The Kier molecular flexibility index (Phi) is 3.06. The van der Waals surface area contributed by atoms with Gasteiger partial charge in [-0.05, 0) is 44.5 Å². The van der Waals surface area contributed by atoms with Crippen molar-refractivity contribution < 1.29 is 0 Å². The van der Waals surface area contributed by atoms with E-state index in [2.05, 4.69) is 47.5 Å². The molecule has 7 heteroatoms. The molecular weight excluding hydrogens is 274 g/mol. The molecule has 6 nitrogen and oxygen atoms in total. The third kappa shape index (κ3) is 2.20. The minimum atomic E-state index is -0.334. The maximum Gasteiger partial charge on any atom is 0.364 e. The average molecular weight is 289 g/mol. The molecule has 3 heterocycles. The van der Waals surface area contributed by atoms with Crippen LogP contribution < -0.4 is 11.0 Å². The Bertz CT molecular complexity index is 816. The van der Waals surface area contributed by atoms with Crippen LogP contribution in [0.2, 0.25) is 0 Å². The molecule has 1 atom stereocenters. The number of thiophene rings is 1. The van der Waals surface area contributed by atoms with Gasteiger partial charge in [-0.25, -0.2) is 9.89 Å². The van der Waals surface area contributed by atoms with Gasteiger partial charge in [-0.2, -0.15) is 9.61 Å². The number of nitrogens with zero attached hydrogens (tertiary/aromatic N) is 3. The van der Waals surface area contributed by atoms with E-state index in [-0.39, 0.29) is 11.7 Å². The maximum absolute atomic E-state index is 11.5. The Labute approximate surface area is 119 Å². The molecular formula is C13H15N5OS. The smallest absolute Gasteiger partial charge is 0.362 e. The van der Waals surface area contributed by atoms with Crippen molar-refractivity contribution in [3.8, 4) is 0 Å². The molecule has 20 heavy (non-hydrogen) atoms. The molecule has 0 radical (unpaired) electrons. The number of fused-ring (bicyclic) bond motifs is 1. The first-order valence-corrected chi connectivity index (χ1v) is 7.14. The predicted molar refractivity (Wildman–Crippen MR) is 79.4 cm³/mol. The summed E-state index contributed by atoms with van der Waals surface area (Å²) >= 11 is 1.78. The fourth-order valence-electron chi connectivity index (χ4n) is 2.26. The molecule has 3 aromatic rings. The summed E-state index contributed by atoms with van der Waals surface area (Å²) in [5.74, 6) is 0.650. The summed E-state index contributed by atoms with van der Waals surface area (Å²) in [5.41, 5.74) is 1.43. The first kappa shape index (κ1) is 12.9. The standard InChI is InChI=1S/C13H15N5OS/c1-7-6-10(9(3)20-7)8(2)14-11-4-5-12-15-16-13(19)18(12)17-11/h4-6,8H,1-3H3,(H,14,17)(H,16,19). The summed E-state index contributed by atoms with van der Waals surface area (Å²) in [6.07, 6.45) is 0. The van der Waals surface area contributed by atoms with E-state index in [1.54, 1.807) is 17.4 Å². The number of anilines is 1. The van der Waals surface area contributed by atoms with Crippen LogP contribution in [0, 0.1) is 13.8 Å². The summed E-state index contributed by atoms with van der Waals surface area (Å²) in [6, 6.07) is 5.89. The normalized spacial score (nSPS) is 12.8. The molecule has 104 valence electrons. The molecule has 0 bridgehead atoms. The van der Waals surface area contributed by atoms with Crippen molar-refractivity contribution in [1.29, 1.82) is 0 Å². The number of H-pyrrole nitrogens is 1. The van der Waals surface area contributed by atoms with Crippen LogP contribution in [-0.4, -0.2) is 19.8 Å². The highest BCUT2D eigenvalue weighted by Crippen LogP contribution is 2.27. The maximum atomic E-state index is 11.5. The van der Waals surface area contributed by atoms with E-state index in [1.807, 2.05) is 6.07 Å². The van der Waals surface area contributed by atoms with Crippen molar-refractivity contribution in [3.63, 3.8) is 0 Å². The zero-order valence-corrected chi connectivity index (χ0v) is 12.3. The molecule has 0 fully saturated rings. The van der Waals surface area contributed by atoms with Gasteiger partial charge in [0.1, 0.15) is 5.82 Å². The van der Waals surface area contributed by atoms with Crippen molar-refractivity contribution in [2.24, 2.45) is 0 Å². The van der Waals surface area contributed by atoms with E-state index in [9.17, 15) is 4.79 Å². The van der Waals surface area contributed by atoms with Gasteiger partial charge in [0.15, 0.2) is 5.65 Å². The summed E-state index contributed by atoms with van der Waals surface area (Å²) in [4.78, 5) is 14.1. The predicted octanol–water partition coefficient (Wildman–Crippen LogP) is 2.27. The van der Waals surface area contributed by atoms with Gasteiger partial charge in [-0.3, -0.25) is 0 Å². The van der Waals surface area contributed by atoms with Crippen LogP contribution in [0.25, 0.3) is 5.65 Å². The average Bonchev–Trinajstić information content (AvgIpc) is 2.93. The largest absolute Gasteiger partial charge is 0.364 e. The quantitative estimate of drug-likeness (QED) is 0.775. The van der Waals surface area contributed by atoms with E-state index < -0.39 is 0 Å². The number of hydrogen-bond donors (Lipinski definition) is 2. The molecule has 0 saturated heterocycles. The third-order valence-corrected chi connectivity index (χ3v) is 4.17. The molecule has 0 aromatic carbocycles. The van der Waals surface area contributed by atoms with Crippen LogP contribution in [0.1, 0.15) is 28.3 Å². The summed E-state index contributed by atoms with van der Waals surface area (Å²) in [7, 11) is 0. The van der Waals surface area contributed by atoms with Crippen LogP contribution in [0.5, 0.6) is 0 Å². The molecule has 2 N–H and O–H groups in total. The SMILES string of the molecule is Cc1cc(C(C)Nc2ccc3n[nH]c(=O)n3n2)c(C)s1. The van der Waals surface area contributed by atoms with Crippen molar-refractivity contribution >= 4 is 22.8 Å². The zero-order valence-electron chi connectivity index (χ0n) is 11.5. The van der Waals surface area contributed by atoms with Gasteiger partial charge in [0.05, 0.1) is 6.04 Å².